The average Bonchev–Trinajstić information content (AvgIpc) is 2.52. The maximum Gasteiger partial charge on any atom is 0.197 e. The summed E-state index contributed by atoms with van der Waals surface area (Å²) in [5.74, 6) is -1.97. The van der Waals surface area contributed by atoms with Crippen LogP contribution in [0, 0.1) is 11.6 Å². The lowest BCUT2D eigenvalue weighted by Gasteiger charge is -2.01. The molecular formula is C13H7F2NO. The first-order valence-electron chi connectivity index (χ1n) is 5.01. The number of carbonyl (C=O) groups excluding carboxylic acids is 1. The van der Waals surface area contributed by atoms with Gasteiger partial charge in [0.2, 0.25) is 0 Å². The Morgan fingerprint density at radius 3 is 2.47 bits per heavy atom. The minimum absolute atomic E-state index is 0.0769. The maximum atomic E-state index is 13.6. The maximum absolute atomic E-state index is 13.6. The molecule has 2 nitrogen and oxygen atoms in total. The summed E-state index contributed by atoms with van der Waals surface area (Å²) < 4.78 is 26.7. The van der Waals surface area contributed by atoms with E-state index in [0.717, 1.165) is 0 Å². The number of hydrogen-bond acceptors (Lipinski definition) is 2. The van der Waals surface area contributed by atoms with E-state index in [-0.39, 0.29) is 5.56 Å². The van der Waals surface area contributed by atoms with Crippen LogP contribution in [0.1, 0.15) is 15.9 Å². The minimum Gasteiger partial charge on any atom is -0.399 e. The van der Waals surface area contributed by atoms with Crippen LogP contribution < -0.4 is 5.73 Å². The molecule has 0 spiro atoms. The first-order chi connectivity index (χ1) is 8.08. The third-order valence-electron chi connectivity index (χ3n) is 2.86. The Balaban J connectivity index is 2.39. The van der Waals surface area contributed by atoms with Gasteiger partial charge in [-0.1, -0.05) is 6.07 Å². The smallest absolute Gasteiger partial charge is 0.197 e. The Morgan fingerprint density at radius 2 is 1.71 bits per heavy atom. The van der Waals surface area contributed by atoms with Gasteiger partial charge in [0.05, 0.1) is 5.56 Å². The fraction of sp³-hybridized carbons (Fsp3) is 0. The minimum atomic E-state index is -0.834. The molecular weight excluding hydrogens is 224 g/mol. The van der Waals surface area contributed by atoms with Crippen LogP contribution in [0.2, 0.25) is 0 Å². The molecule has 1 aliphatic rings. The SMILES string of the molecule is Nc1ccc2c(c1)C(=O)c1c(F)cc(F)cc1-2. The Kier molecular flexibility index (Phi) is 1.84. The van der Waals surface area contributed by atoms with E-state index in [1.807, 2.05) is 0 Å². The summed E-state index contributed by atoms with van der Waals surface area (Å²) >= 11 is 0. The number of nitrogens with two attached hydrogens (primary N) is 1. The van der Waals surface area contributed by atoms with Crippen molar-refractivity contribution < 1.29 is 13.6 Å². The predicted molar refractivity (Wildman–Crippen MR) is 59.6 cm³/mol. The third kappa shape index (κ3) is 1.27. The molecule has 0 aliphatic heterocycles. The highest BCUT2D eigenvalue weighted by Crippen LogP contribution is 2.39. The lowest BCUT2D eigenvalue weighted by atomic mass is 10.1. The van der Waals surface area contributed by atoms with Crippen molar-refractivity contribution >= 4 is 11.5 Å². The van der Waals surface area contributed by atoms with Crippen LogP contribution in [0.25, 0.3) is 11.1 Å². The molecule has 0 saturated heterocycles. The van der Waals surface area contributed by atoms with Crippen LogP contribution in [0.15, 0.2) is 30.3 Å². The Bertz CT molecular complexity index is 665. The number of hydrogen-bond donors (Lipinski definition) is 1. The molecule has 0 amide bonds. The normalized spacial score (nSPS) is 12.5. The van der Waals surface area contributed by atoms with Crippen molar-refractivity contribution in [1.82, 2.24) is 0 Å². The Morgan fingerprint density at radius 1 is 0.941 bits per heavy atom. The van der Waals surface area contributed by atoms with E-state index >= 15 is 0 Å². The predicted octanol–water partition coefficient (Wildman–Crippen LogP) is 2.76. The molecule has 0 unspecified atom stereocenters. The monoisotopic (exact) mass is 231 g/mol. The van der Waals surface area contributed by atoms with Gasteiger partial charge in [-0.15, -0.1) is 0 Å². The summed E-state index contributed by atoms with van der Waals surface area (Å²) in [5, 5.41) is 0. The summed E-state index contributed by atoms with van der Waals surface area (Å²) in [5.41, 5.74) is 7.06. The molecule has 2 aromatic carbocycles. The second-order valence-corrected chi connectivity index (χ2v) is 3.94. The average molecular weight is 231 g/mol. The molecule has 1 aliphatic carbocycles. The molecule has 84 valence electrons. The van der Waals surface area contributed by atoms with Gasteiger partial charge in [-0.25, -0.2) is 8.78 Å². The van der Waals surface area contributed by atoms with E-state index < -0.39 is 17.4 Å². The molecule has 17 heavy (non-hydrogen) atoms. The van der Waals surface area contributed by atoms with Gasteiger partial charge in [0.15, 0.2) is 5.78 Å². The number of ketones is 1. The number of carbonyl (C=O) groups is 1. The second-order valence-electron chi connectivity index (χ2n) is 3.94. The van der Waals surface area contributed by atoms with E-state index in [9.17, 15) is 13.6 Å². The van der Waals surface area contributed by atoms with Crippen LogP contribution in [0.3, 0.4) is 0 Å². The van der Waals surface area contributed by atoms with E-state index in [1.54, 1.807) is 12.1 Å². The van der Waals surface area contributed by atoms with Gasteiger partial charge in [0.25, 0.3) is 0 Å². The zero-order valence-electron chi connectivity index (χ0n) is 8.63. The molecule has 0 heterocycles. The summed E-state index contributed by atoms with van der Waals surface area (Å²) in [4.78, 5) is 12.0. The van der Waals surface area contributed by atoms with Crippen LogP contribution in [0.4, 0.5) is 14.5 Å². The lowest BCUT2D eigenvalue weighted by molar-refractivity contribution is 0.104. The lowest BCUT2D eigenvalue weighted by Crippen LogP contribution is -1.99. The molecule has 0 saturated carbocycles. The van der Waals surface area contributed by atoms with Crippen molar-refractivity contribution in [2.24, 2.45) is 0 Å². The van der Waals surface area contributed by atoms with Crippen molar-refractivity contribution in [3.8, 4) is 11.1 Å². The molecule has 0 bridgehead atoms. The summed E-state index contributed by atoms with van der Waals surface area (Å²) in [6.07, 6.45) is 0. The number of nitrogen functional groups attached to an aromatic ring is 1. The van der Waals surface area contributed by atoms with Gasteiger partial charge in [-0.2, -0.15) is 0 Å². The van der Waals surface area contributed by atoms with Crippen molar-refractivity contribution in [2.45, 2.75) is 0 Å². The van der Waals surface area contributed by atoms with Gasteiger partial charge in [-0.05, 0) is 29.3 Å². The summed E-state index contributed by atoms with van der Waals surface area (Å²) in [6.45, 7) is 0. The first kappa shape index (κ1) is 9.96. The molecule has 2 aromatic rings. The Hall–Kier alpha value is -2.23. The number of rotatable bonds is 0. The third-order valence-corrected chi connectivity index (χ3v) is 2.86. The molecule has 4 heteroatoms. The van der Waals surface area contributed by atoms with E-state index in [2.05, 4.69) is 0 Å². The van der Waals surface area contributed by atoms with Crippen molar-refractivity contribution in [3.63, 3.8) is 0 Å². The van der Waals surface area contributed by atoms with Crippen LogP contribution in [-0.4, -0.2) is 5.78 Å². The van der Waals surface area contributed by atoms with Crippen LogP contribution in [0.5, 0.6) is 0 Å². The molecule has 0 fully saturated rings. The second kappa shape index (κ2) is 3.13. The highest BCUT2D eigenvalue weighted by atomic mass is 19.1. The fourth-order valence-corrected chi connectivity index (χ4v) is 2.14. The zero-order valence-corrected chi connectivity index (χ0v) is 8.63. The molecule has 0 atom stereocenters. The standard InChI is InChI=1S/C13H7F2NO/c14-6-3-9-8-2-1-7(16)5-10(8)13(17)12(9)11(15)4-6/h1-5H,16H2. The highest BCUT2D eigenvalue weighted by molar-refractivity contribution is 6.22. The van der Waals surface area contributed by atoms with Crippen LogP contribution >= 0.6 is 0 Å². The van der Waals surface area contributed by atoms with E-state index in [1.165, 1.54) is 12.1 Å². The van der Waals surface area contributed by atoms with Gasteiger partial charge < -0.3 is 5.73 Å². The Labute approximate surface area is 95.7 Å². The molecule has 0 aromatic heterocycles. The summed E-state index contributed by atoms with van der Waals surface area (Å²) in [7, 11) is 0. The number of benzene rings is 2. The number of halogens is 2. The van der Waals surface area contributed by atoms with Crippen molar-refractivity contribution in [3.05, 3.63) is 53.1 Å². The van der Waals surface area contributed by atoms with Crippen molar-refractivity contribution in [1.29, 1.82) is 0 Å². The van der Waals surface area contributed by atoms with Gasteiger partial charge in [-0.3, -0.25) is 4.79 Å². The van der Waals surface area contributed by atoms with Gasteiger partial charge in [0, 0.05) is 17.3 Å². The first-order valence-corrected chi connectivity index (χ1v) is 5.01. The number of anilines is 1. The van der Waals surface area contributed by atoms with E-state index in [4.69, 9.17) is 5.73 Å². The van der Waals surface area contributed by atoms with Gasteiger partial charge in [0.1, 0.15) is 11.6 Å². The summed E-state index contributed by atoms with van der Waals surface area (Å²) in [6, 6.07) is 6.57. The molecule has 2 N–H and O–H groups in total. The molecule has 0 radical (unpaired) electrons. The zero-order chi connectivity index (χ0) is 12.2. The van der Waals surface area contributed by atoms with Gasteiger partial charge >= 0.3 is 0 Å². The fourth-order valence-electron chi connectivity index (χ4n) is 2.14. The van der Waals surface area contributed by atoms with Crippen LogP contribution in [-0.2, 0) is 0 Å². The number of fused-ring (bicyclic) bond motifs is 3. The van der Waals surface area contributed by atoms with Crippen molar-refractivity contribution in [2.75, 3.05) is 5.73 Å². The topological polar surface area (TPSA) is 43.1 Å². The highest BCUT2D eigenvalue weighted by Gasteiger charge is 2.30. The molecule has 3 rings (SSSR count). The van der Waals surface area contributed by atoms with E-state index in [0.29, 0.717) is 28.4 Å². The largest absolute Gasteiger partial charge is 0.399 e. The quantitative estimate of drug-likeness (QED) is 0.604.